The summed E-state index contributed by atoms with van der Waals surface area (Å²) in [5.74, 6) is -1.26. The van der Waals surface area contributed by atoms with Crippen LogP contribution in [-0.2, 0) is 0 Å². The lowest BCUT2D eigenvalue weighted by Gasteiger charge is -2.07. The summed E-state index contributed by atoms with van der Waals surface area (Å²) in [6.07, 6.45) is 1.56. The summed E-state index contributed by atoms with van der Waals surface area (Å²) in [5.41, 5.74) is 2.82. The van der Waals surface area contributed by atoms with E-state index in [1.165, 1.54) is 22.1 Å². The Morgan fingerprint density at radius 2 is 2.09 bits per heavy atom. The Morgan fingerprint density at radius 1 is 1.26 bits per heavy atom. The van der Waals surface area contributed by atoms with Crippen LogP contribution in [0.15, 0.2) is 47.3 Å². The van der Waals surface area contributed by atoms with E-state index in [0.29, 0.717) is 16.9 Å². The van der Waals surface area contributed by atoms with Crippen LogP contribution in [0.5, 0.6) is 0 Å². The van der Waals surface area contributed by atoms with Gasteiger partial charge in [0, 0.05) is 17.3 Å². The highest BCUT2D eigenvalue weighted by Crippen LogP contribution is 2.18. The zero-order chi connectivity index (χ0) is 16.4. The zero-order valence-electron chi connectivity index (χ0n) is 12.2. The van der Waals surface area contributed by atoms with Gasteiger partial charge < -0.3 is 10.4 Å². The number of thiophene rings is 1. The summed E-state index contributed by atoms with van der Waals surface area (Å²) in [7, 11) is 0. The van der Waals surface area contributed by atoms with Crippen molar-refractivity contribution in [2.24, 2.45) is 0 Å². The molecule has 0 saturated heterocycles. The number of nitrogens with zero attached hydrogens (tertiary/aromatic N) is 2. The van der Waals surface area contributed by atoms with Crippen molar-refractivity contribution < 1.29 is 14.7 Å². The number of carboxylic acid groups (broad SMARTS) is 1. The lowest BCUT2D eigenvalue weighted by molar-refractivity contribution is 0.0689. The number of carbonyl (C=O) groups is 2. The first-order chi connectivity index (χ1) is 11.0. The van der Waals surface area contributed by atoms with Gasteiger partial charge in [0.15, 0.2) is 5.69 Å². The number of rotatable bonds is 4. The third-order valence-corrected chi connectivity index (χ3v) is 4.14. The Morgan fingerprint density at radius 3 is 2.74 bits per heavy atom. The first-order valence-corrected chi connectivity index (χ1v) is 7.72. The maximum Gasteiger partial charge on any atom is 0.356 e. The maximum atomic E-state index is 12.2. The Hall–Kier alpha value is -2.93. The predicted molar refractivity (Wildman–Crippen MR) is 87.5 cm³/mol. The molecule has 2 heterocycles. The fraction of sp³-hybridized carbons (Fsp3) is 0.0625. The van der Waals surface area contributed by atoms with Gasteiger partial charge in [-0.15, -0.1) is 0 Å². The predicted octanol–water partition coefficient (Wildman–Crippen LogP) is 3.19. The van der Waals surface area contributed by atoms with Crippen LogP contribution < -0.4 is 5.32 Å². The molecule has 3 aromatic rings. The lowest BCUT2D eigenvalue weighted by Crippen LogP contribution is -2.12. The minimum absolute atomic E-state index is 0.0339. The average Bonchev–Trinajstić information content (AvgIpc) is 3.16. The lowest BCUT2D eigenvalue weighted by atomic mass is 10.2. The molecule has 2 aromatic heterocycles. The van der Waals surface area contributed by atoms with Crippen molar-refractivity contribution in [1.82, 2.24) is 9.78 Å². The van der Waals surface area contributed by atoms with Gasteiger partial charge in [-0.2, -0.15) is 16.4 Å². The molecule has 7 heteroatoms. The van der Waals surface area contributed by atoms with E-state index in [-0.39, 0.29) is 11.6 Å². The Balaban J connectivity index is 1.83. The van der Waals surface area contributed by atoms with Gasteiger partial charge in [0.2, 0.25) is 0 Å². The molecule has 0 aliphatic heterocycles. The van der Waals surface area contributed by atoms with Gasteiger partial charge in [0.25, 0.3) is 5.91 Å². The number of nitrogens with one attached hydrogen (secondary N) is 1. The minimum Gasteiger partial charge on any atom is -0.476 e. The molecule has 0 radical (unpaired) electrons. The molecular formula is C16H13N3O3S. The van der Waals surface area contributed by atoms with Crippen molar-refractivity contribution in [3.63, 3.8) is 0 Å². The molecule has 1 amide bonds. The molecule has 0 aliphatic carbocycles. The third kappa shape index (κ3) is 3.14. The van der Waals surface area contributed by atoms with E-state index in [9.17, 15) is 9.59 Å². The van der Waals surface area contributed by atoms with Crippen molar-refractivity contribution in [2.75, 3.05) is 5.32 Å². The zero-order valence-corrected chi connectivity index (χ0v) is 13.0. The largest absolute Gasteiger partial charge is 0.476 e. The number of amides is 1. The molecule has 0 spiro atoms. The summed E-state index contributed by atoms with van der Waals surface area (Å²) in [4.78, 5) is 23.1. The summed E-state index contributed by atoms with van der Waals surface area (Å²) in [5, 5.41) is 19.4. The number of benzene rings is 1. The highest BCUT2D eigenvalue weighted by atomic mass is 32.1. The van der Waals surface area contributed by atoms with Crippen LogP contribution in [0.25, 0.3) is 5.69 Å². The fourth-order valence-corrected chi connectivity index (χ4v) is 2.93. The van der Waals surface area contributed by atoms with Crippen LogP contribution in [-0.4, -0.2) is 26.8 Å². The monoisotopic (exact) mass is 327 g/mol. The van der Waals surface area contributed by atoms with Crippen LogP contribution in [0.3, 0.4) is 0 Å². The number of carboxylic acids is 1. The second kappa shape index (κ2) is 6.05. The standard InChI is InChI=1S/C16H13N3O3S/c1-10-8-23-9-13(10)15(20)17-11-3-2-4-12(7-11)19-6-5-14(18-19)16(21)22/h2-9H,1H3,(H,17,20)(H,21,22). The van der Waals surface area contributed by atoms with E-state index in [4.69, 9.17) is 5.11 Å². The van der Waals surface area contributed by atoms with Gasteiger partial charge >= 0.3 is 5.97 Å². The van der Waals surface area contributed by atoms with Crippen molar-refractivity contribution >= 4 is 28.9 Å². The van der Waals surface area contributed by atoms with E-state index in [1.807, 2.05) is 12.3 Å². The van der Waals surface area contributed by atoms with Crippen LogP contribution in [0.1, 0.15) is 26.4 Å². The molecular weight excluding hydrogens is 314 g/mol. The summed E-state index contributed by atoms with van der Waals surface area (Å²) in [6, 6.07) is 8.48. The third-order valence-electron chi connectivity index (χ3n) is 3.28. The fourth-order valence-electron chi connectivity index (χ4n) is 2.10. The molecule has 0 saturated carbocycles. The van der Waals surface area contributed by atoms with Crippen LogP contribution in [0, 0.1) is 6.92 Å². The van der Waals surface area contributed by atoms with Gasteiger partial charge in [-0.05, 0) is 42.1 Å². The molecule has 1 aromatic carbocycles. The van der Waals surface area contributed by atoms with Crippen LogP contribution in [0.4, 0.5) is 5.69 Å². The molecule has 3 rings (SSSR count). The van der Waals surface area contributed by atoms with Crippen LogP contribution >= 0.6 is 11.3 Å². The van der Waals surface area contributed by atoms with E-state index in [2.05, 4.69) is 10.4 Å². The van der Waals surface area contributed by atoms with E-state index >= 15 is 0 Å². The van der Waals surface area contributed by atoms with Crippen molar-refractivity contribution in [1.29, 1.82) is 0 Å². The van der Waals surface area contributed by atoms with Gasteiger partial charge in [-0.3, -0.25) is 4.79 Å². The molecule has 0 fully saturated rings. The summed E-state index contributed by atoms with van der Waals surface area (Å²) in [6.45, 7) is 1.89. The normalized spacial score (nSPS) is 10.5. The number of aromatic carboxylic acids is 1. The highest BCUT2D eigenvalue weighted by molar-refractivity contribution is 7.08. The average molecular weight is 327 g/mol. The molecule has 0 aliphatic rings. The Bertz CT molecular complexity index is 882. The second-order valence-corrected chi connectivity index (χ2v) is 5.67. The molecule has 23 heavy (non-hydrogen) atoms. The molecule has 0 unspecified atom stereocenters. The molecule has 0 atom stereocenters. The highest BCUT2D eigenvalue weighted by Gasteiger charge is 2.11. The number of aromatic nitrogens is 2. The molecule has 6 nitrogen and oxygen atoms in total. The Kier molecular flexibility index (Phi) is 3.94. The SMILES string of the molecule is Cc1cscc1C(=O)Nc1cccc(-n2ccc(C(=O)O)n2)c1. The molecule has 2 N–H and O–H groups in total. The number of carbonyl (C=O) groups excluding carboxylic acids is 1. The second-order valence-electron chi connectivity index (χ2n) is 4.92. The van der Waals surface area contributed by atoms with E-state index in [1.54, 1.807) is 35.8 Å². The number of aryl methyl sites for hydroxylation is 1. The summed E-state index contributed by atoms with van der Waals surface area (Å²) >= 11 is 1.48. The Labute approximate surface area is 136 Å². The van der Waals surface area contributed by atoms with Crippen molar-refractivity contribution in [3.8, 4) is 5.69 Å². The molecule has 116 valence electrons. The number of anilines is 1. The van der Waals surface area contributed by atoms with Crippen LogP contribution in [0.2, 0.25) is 0 Å². The first kappa shape index (κ1) is 15.0. The van der Waals surface area contributed by atoms with Crippen molar-refractivity contribution in [3.05, 3.63) is 64.1 Å². The quantitative estimate of drug-likeness (QED) is 0.771. The first-order valence-electron chi connectivity index (χ1n) is 6.78. The van der Waals surface area contributed by atoms with Gasteiger partial charge in [-0.25, -0.2) is 9.48 Å². The molecule has 0 bridgehead atoms. The number of hydrogen-bond donors (Lipinski definition) is 2. The van der Waals surface area contributed by atoms with E-state index in [0.717, 1.165) is 5.56 Å². The van der Waals surface area contributed by atoms with Gasteiger partial charge in [0.1, 0.15) is 0 Å². The van der Waals surface area contributed by atoms with Gasteiger partial charge in [0.05, 0.1) is 11.3 Å². The smallest absolute Gasteiger partial charge is 0.356 e. The number of hydrogen-bond acceptors (Lipinski definition) is 4. The van der Waals surface area contributed by atoms with Gasteiger partial charge in [-0.1, -0.05) is 6.07 Å². The van der Waals surface area contributed by atoms with Crippen molar-refractivity contribution in [2.45, 2.75) is 6.92 Å². The minimum atomic E-state index is -1.08. The van der Waals surface area contributed by atoms with E-state index < -0.39 is 5.97 Å². The summed E-state index contributed by atoms with van der Waals surface area (Å²) < 4.78 is 1.45. The topological polar surface area (TPSA) is 84.2 Å². The maximum absolute atomic E-state index is 12.2.